The molecule has 5 rings (SSSR count). The minimum absolute atomic E-state index is 0.150. The Hall–Kier alpha value is -4.18. The normalized spacial score (nSPS) is 11.0. The summed E-state index contributed by atoms with van der Waals surface area (Å²) in [6, 6.07) is 17.7. The summed E-state index contributed by atoms with van der Waals surface area (Å²) in [6.45, 7) is 0. The third kappa shape index (κ3) is 3.60. The standard InChI is InChI=1S/C21H15N7O2S/c1-27-19(29)10-8-16(25-27)21(30)22-14-5-2-4-13(12-14)15-7-9-18-23-24-20(28(18)26-15)17-6-3-11-31-17/h2-12H,1H3,(H,22,30). The molecule has 0 aliphatic heterocycles. The maximum absolute atomic E-state index is 12.5. The molecule has 0 spiro atoms. The van der Waals surface area contributed by atoms with Crippen molar-refractivity contribution >= 4 is 28.6 Å². The van der Waals surface area contributed by atoms with Crippen molar-refractivity contribution in [2.75, 3.05) is 5.32 Å². The van der Waals surface area contributed by atoms with Gasteiger partial charge in [0.1, 0.15) is 5.69 Å². The van der Waals surface area contributed by atoms with Crippen molar-refractivity contribution in [3.05, 3.63) is 82.1 Å². The summed E-state index contributed by atoms with van der Waals surface area (Å²) in [5.41, 5.74) is 2.63. The second-order valence-corrected chi connectivity index (χ2v) is 7.65. The van der Waals surface area contributed by atoms with E-state index in [-0.39, 0.29) is 11.3 Å². The van der Waals surface area contributed by atoms with Gasteiger partial charge in [-0.1, -0.05) is 18.2 Å². The van der Waals surface area contributed by atoms with Crippen molar-refractivity contribution in [1.29, 1.82) is 0 Å². The molecule has 31 heavy (non-hydrogen) atoms. The Morgan fingerprint density at radius 3 is 2.71 bits per heavy atom. The number of hydrogen-bond acceptors (Lipinski definition) is 7. The second kappa shape index (κ2) is 7.58. The molecular formula is C21H15N7O2S. The Balaban J connectivity index is 1.46. The Morgan fingerprint density at radius 1 is 1.00 bits per heavy atom. The molecule has 0 saturated heterocycles. The van der Waals surface area contributed by atoms with Crippen LogP contribution in [0.25, 0.3) is 27.6 Å². The van der Waals surface area contributed by atoms with Crippen LogP contribution >= 0.6 is 11.3 Å². The van der Waals surface area contributed by atoms with Crippen LogP contribution in [0.3, 0.4) is 0 Å². The summed E-state index contributed by atoms with van der Waals surface area (Å²) in [5.74, 6) is 0.270. The highest BCUT2D eigenvalue weighted by Gasteiger charge is 2.13. The van der Waals surface area contributed by atoms with Gasteiger partial charge in [-0.05, 0) is 41.8 Å². The minimum Gasteiger partial charge on any atom is -0.321 e. The van der Waals surface area contributed by atoms with Crippen molar-refractivity contribution < 1.29 is 4.79 Å². The first-order chi connectivity index (χ1) is 15.1. The van der Waals surface area contributed by atoms with E-state index < -0.39 is 5.91 Å². The first kappa shape index (κ1) is 18.8. The molecule has 1 aromatic carbocycles. The fourth-order valence-electron chi connectivity index (χ4n) is 3.08. The number of fused-ring (bicyclic) bond motifs is 1. The van der Waals surface area contributed by atoms with Crippen LogP contribution in [0.5, 0.6) is 0 Å². The molecule has 0 saturated carbocycles. The molecule has 9 nitrogen and oxygen atoms in total. The van der Waals surface area contributed by atoms with E-state index in [1.54, 1.807) is 21.9 Å². The number of carbonyl (C=O) groups excluding carboxylic acids is 1. The van der Waals surface area contributed by atoms with E-state index in [1.807, 2.05) is 47.8 Å². The van der Waals surface area contributed by atoms with Crippen LogP contribution in [-0.4, -0.2) is 35.5 Å². The number of nitrogens with zero attached hydrogens (tertiary/aromatic N) is 6. The highest BCUT2D eigenvalue weighted by molar-refractivity contribution is 7.13. The van der Waals surface area contributed by atoms with E-state index in [0.29, 0.717) is 22.9 Å². The maximum atomic E-state index is 12.5. The molecule has 0 aliphatic rings. The Morgan fingerprint density at radius 2 is 1.90 bits per heavy atom. The van der Waals surface area contributed by atoms with Gasteiger partial charge in [-0.15, -0.1) is 21.5 Å². The summed E-state index contributed by atoms with van der Waals surface area (Å²) in [6.07, 6.45) is 0. The number of thiophene rings is 1. The smallest absolute Gasteiger partial charge is 0.276 e. The van der Waals surface area contributed by atoms with Crippen LogP contribution in [0, 0.1) is 0 Å². The summed E-state index contributed by atoms with van der Waals surface area (Å²) in [4.78, 5) is 25.0. The van der Waals surface area contributed by atoms with E-state index >= 15 is 0 Å². The molecule has 0 bridgehead atoms. The molecular weight excluding hydrogens is 414 g/mol. The molecule has 0 unspecified atom stereocenters. The lowest BCUT2D eigenvalue weighted by atomic mass is 10.1. The van der Waals surface area contributed by atoms with E-state index in [4.69, 9.17) is 5.10 Å². The largest absolute Gasteiger partial charge is 0.321 e. The van der Waals surface area contributed by atoms with Crippen molar-refractivity contribution in [2.45, 2.75) is 0 Å². The van der Waals surface area contributed by atoms with Crippen LogP contribution in [-0.2, 0) is 7.05 Å². The molecule has 0 radical (unpaired) electrons. The van der Waals surface area contributed by atoms with Crippen molar-refractivity contribution in [2.24, 2.45) is 7.05 Å². The summed E-state index contributed by atoms with van der Waals surface area (Å²) in [7, 11) is 1.50. The highest BCUT2D eigenvalue weighted by atomic mass is 32.1. The molecule has 0 aliphatic carbocycles. The Bertz CT molecular complexity index is 1470. The molecule has 152 valence electrons. The average molecular weight is 429 g/mol. The SMILES string of the molecule is Cn1nc(C(=O)Nc2cccc(-c3ccc4nnc(-c5cccs5)n4n3)c2)ccc1=O. The van der Waals surface area contributed by atoms with E-state index in [0.717, 1.165) is 15.1 Å². The lowest BCUT2D eigenvalue weighted by Gasteiger charge is -2.08. The van der Waals surface area contributed by atoms with Gasteiger partial charge >= 0.3 is 0 Å². The third-order valence-corrected chi connectivity index (χ3v) is 5.48. The summed E-state index contributed by atoms with van der Waals surface area (Å²) >= 11 is 1.57. The molecule has 0 atom stereocenters. The summed E-state index contributed by atoms with van der Waals surface area (Å²) in [5, 5.41) is 21.9. The number of hydrogen-bond donors (Lipinski definition) is 1. The quantitative estimate of drug-likeness (QED) is 0.471. The lowest BCUT2D eigenvalue weighted by Crippen LogP contribution is -2.23. The summed E-state index contributed by atoms with van der Waals surface area (Å²) < 4.78 is 2.83. The minimum atomic E-state index is -0.407. The van der Waals surface area contributed by atoms with Crippen LogP contribution < -0.4 is 10.9 Å². The van der Waals surface area contributed by atoms with Gasteiger partial charge in [0.25, 0.3) is 11.5 Å². The molecule has 4 heterocycles. The first-order valence-corrected chi connectivity index (χ1v) is 10.2. The molecule has 5 aromatic rings. The van der Waals surface area contributed by atoms with Crippen molar-refractivity contribution in [3.63, 3.8) is 0 Å². The average Bonchev–Trinajstić information content (AvgIpc) is 3.45. The van der Waals surface area contributed by atoms with Crippen LogP contribution in [0.2, 0.25) is 0 Å². The second-order valence-electron chi connectivity index (χ2n) is 6.70. The Kier molecular flexibility index (Phi) is 4.60. The predicted octanol–water partition coefficient (Wildman–Crippen LogP) is 2.87. The maximum Gasteiger partial charge on any atom is 0.276 e. The number of aromatic nitrogens is 6. The number of aryl methyl sites for hydroxylation is 1. The van der Waals surface area contributed by atoms with Gasteiger partial charge in [-0.2, -0.15) is 14.7 Å². The third-order valence-electron chi connectivity index (χ3n) is 4.61. The van der Waals surface area contributed by atoms with E-state index in [2.05, 4.69) is 20.6 Å². The number of nitrogens with one attached hydrogen (secondary N) is 1. The van der Waals surface area contributed by atoms with Crippen molar-refractivity contribution in [3.8, 4) is 22.0 Å². The molecule has 1 amide bonds. The zero-order valence-corrected chi connectivity index (χ0v) is 17.1. The fourth-order valence-corrected chi connectivity index (χ4v) is 3.77. The monoisotopic (exact) mass is 429 g/mol. The number of rotatable bonds is 4. The highest BCUT2D eigenvalue weighted by Crippen LogP contribution is 2.25. The first-order valence-electron chi connectivity index (χ1n) is 9.31. The van der Waals surface area contributed by atoms with Gasteiger partial charge in [0.2, 0.25) is 0 Å². The van der Waals surface area contributed by atoms with Gasteiger partial charge in [-0.3, -0.25) is 9.59 Å². The molecule has 4 aromatic heterocycles. The van der Waals surface area contributed by atoms with Gasteiger partial charge in [0.15, 0.2) is 11.5 Å². The van der Waals surface area contributed by atoms with E-state index in [9.17, 15) is 9.59 Å². The predicted molar refractivity (Wildman–Crippen MR) is 117 cm³/mol. The fraction of sp³-hybridized carbons (Fsp3) is 0.0476. The van der Waals surface area contributed by atoms with Crippen LogP contribution in [0.15, 0.2) is 70.8 Å². The molecule has 0 fully saturated rings. The molecule has 1 N–H and O–H groups in total. The Labute approximate surface area is 179 Å². The lowest BCUT2D eigenvalue weighted by molar-refractivity contribution is 0.102. The van der Waals surface area contributed by atoms with Crippen LogP contribution in [0.1, 0.15) is 10.5 Å². The van der Waals surface area contributed by atoms with Gasteiger partial charge in [0.05, 0.1) is 10.6 Å². The number of anilines is 1. The van der Waals surface area contributed by atoms with Crippen molar-refractivity contribution in [1.82, 2.24) is 29.6 Å². The number of amides is 1. The van der Waals surface area contributed by atoms with Gasteiger partial charge in [-0.25, -0.2) is 4.68 Å². The zero-order chi connectivity index (χ0) is 21.4. The van der Waals surface area contributed by atoms with E-state index in [1.165, 1.54) is 19.2 Å². The van der Waals surface area contributed by atoms with Gasteiger partial charge < -0.3 is 5.32 Å². The zero-order valence-electron chi connectivity index (χ0n) is 16.3. The number of carbonyl (C=O) groups is 1. The molecule has 10 heteroatoms. The topological polar surface area (TPSA) is 107 Å². The van der Waals surface area contributed by atoms with Gasteiger partial charge in [0, 0.05) is 24.4 Å². The number of benzene rings is 1. The van der Waals surface area contributed by atoms with Crippen LogP contribution in [0.4, 0.5) is 5.69 Å².